The first-order valence-electron chi connectivity index (χ1n) is 4.53. The molecule has 0 aliphatic heterocycles. The van der Waals surface area contributed by atoms with Gasteiger partial charge in [-0.05, 0) is 12.1 Å². The summed E-state index contributed by atoms with van der Waals surface area (Å²) in [6.45, 7) is 0.230. The second-order valence-corrected chi connectivity index (χ2v) is 3.10. The molecule has 1 amide bonds. The number of nitrogens with two attached hydrogens (primary N) is 2. The van der Waals surface area contributed by atoms with Crippen LogP contribution < -0.4 is 16.2 Å². The Morgan fingerprint density at radius 1 is 1.53 bits per heavy atom. The molecule has 15 heavy (non-hydrogen) atoms. The number of carbonyl (C=O) groups excluding carboxylic acids is 1. The minimum Gasteiger partial charge on any atom is -0.493 e. The standard InChI is InChI=1S/C10H13FN2O2/c11-7-2-1-3-8(6-7)15-5-4-9(12)10(13)14/h1-3,6,9H,4-5,12H2,(H2,13,14). The molecule has 0 saturated carbocycles. The molecule has 0 aliphatic carbocycles. The van der Waals surface area contributed by atoms with Crippen LogP contribution in [0.3, 0.4) is 0 Å². The van der Waals surface area contributed by atoms with Crippen LogP contribution in [-0.2, 0) is 4.79 Å². The number of hydrogen-bond donors (Lipinski definition) is 2. The van der Waals surface area contributed by atoms with Crippen molar-refractivity contribution in [3.63, 3.8) is 0 Å². The number of halogens is 1. The molecule has 0 aromatic heterocycles. The summed E-state index contributed by atoms with van der Waals surface area (Å²) in [5, 5.41) is 0. The highest BCUT2D eigenvalue weighted by Crippen LogP contribution is 2.12. The van der Waals surface area contributed by atoms with Gasteiger partial charge in [0.2, 0.25) is 5.91 Å². The topological polar surface area (TPSA) is 78.3 Å². The van der Waals surface area contributed by atoms with E-state index in [-0.39, 0.29) is 12.4 Å². The van der Waals surface area contributed by atoms with Crippen LogP contribution in [0.2, 0.25) is 0 Å². The fourth-order valence-electron chi connectivity index (χ4n) is 1.00. The number of carbonyl (C=O) groups is 1. The zero-order chi connectivity index (χ0) is 11.3. The molecule has 82 valence electrons. The van der Waals surface area contributed by atoms with Crippen LogP contribution >= 0.6 is 0 Å². The molecule has 0 aliphatic rings. The molecule has 0 fully saturated rings. The van der Waals surface area contributed by atoms with E-state index in [1.54, 1.807) is 12.1 Å². The summed E-state index contributed by atoms with van der Waals surface area (Å²) in [5.74, 6) is -0.531. The summed E-state index contributed by atoms with van der Waals surface area (Å²) in [4.78, 5) is 10.6. The Bertz CT molecular complexity index is 344. The molecular formula is C10H13FN2O2. The van der Waals surface area contributed by atoms with Crippen LogP contribution in [0.4, 0.5) is 4.39 Å². The number of ether oxygens (including phenoxy) is 1. The van der Waals surface area contributed by atoms with Crippen LogP contribution in [0, 0.1) is 5.82 Å². The maximum Gasteiger partial charge on any atom is 0.234 e. The predicted octanol–water partition coefficient (Wildman–Crippen LogP) is 0.407. The van der Waals surface area contributed by atoms with E-state index in [0.29, 0.717) is 12.2 Å². The lowest BCUT2D eigenvalue weighted by atomic mass is 10.2. The largest absolute Gasteiger partial charge is 0.493 e. The van der Waals surface area contributed by atoms with Gasteiger partial charge < -0.3 is 16.2 Å². The van der Waals surface area contributed by atoms with E-state index >= 15 is 0 Å². The molecule has 4 nitrogen and oxygen atoms in total. The van der Waals surface area contributed by atoms with Crippen LogP contribution in [-0.4, -0.2) is 18.6 Å². The van der Waals surface area contributed by atoms with Crippen molar-refractivity contribution in [3.05, 3.63) is 30.1 Å². The second-order valence-electron chi connectivity index (χ2n) is 3.10. The molecule has 1 atom stereocenters. The summed E-state index contributed by atoms with van der Waals surface area (Å²) < 4.78 is 17.9. The van der Waals surface area contributed by atoms with Gasteiger partial charge in [0, 0.05) is 12.5 Å². The van der Waals surface area contributed by atoms with E-state index in [2.05, 4.69) is 0 Å². The Hall–Kier alpha value is -1.62. The Kier molecular flexibility index (Phi) is 4.05. The quantitative estimate of drug-likeness (QED) is 0.741. The SMILES string of the molecule is NC(=O)C(N)CCOc1cccc(F)c1. The fourth-order valence-corrected chi connectivity index (χ4v) is 1.00. The molecule has 0 bridgehead atoms. The van der Waals surface area contributed by atoms with Crippen molar-refractivity contribution in [2.45, 2.75) is 12.5 Å². The average Bonchev–Trinajstić information content (AvgIpc) is 2.17. The van der Waals surface area contributed by atoms with Crippen LogP contribution in [0.15, 0.2) is 24.3 Å². The molecule has 1 aromatic rings. The first kappa shape index (κ1) is 11.5. The Labute approximate surface area is 87.0 Å². The maximum absolute atomic E-state index is 12.7. The third-order valence-electron chi connectivity index (χ3n) is 1.86. The zero-order valence-electron chi connectivity index (χ0n) is 8.15. The molecule has 0 saturated heterocycles. The number of hydrogen-bond acceptors (Lipinski definition) is 3. The third-order valence-corrected chi connectivity index (χ3v) is 1.86. The first-order valence-corrected chi connectivity index (χ1v) is 4.53. The Balaban J connectivity index is 2.35. The lowest BCUT2D eigenvalue weighted by Gasteiger charge is -2.09. The van der Waals surface area contributed by atoms with E-state index in [1.165, 1.54) is 12.1 Å². The van der Waals surface area contributed by atoms with E-state index in [9.17, 15) is 9.18 Å². The van der Waals surface area contributed by atoms with E-state index in [1.807, 2.05) is 0 Å². The van der Waals surface area contributed by atoms with Crippen molar-refractivity contribution in [2.75, 3.05) is 6.61 Å². The predicted molar refractivity (Wildman–Crippen MR) is 53.7 cm³/mol. The van der Waals surface area contributed by atoms with Crippen LogP contribution in [0.1, 0.15) is 6.42 Å². The smallest absolute Gasteiger partial charge is 0.234 e. The van der Waals surface area contributed by atoms with Gasteiger partial charge in [0.15, 0.2) is 0 Å². The van der Waals surface area contributed by atoms with Gasteiger partial charge in [0.05, 0.1) is 12.6 Å². The third kappa shape index (κ3) is 3.95. The molecule has 1 rings (SSSR count). The lowest BCUT2D eigenvalue weighted by Crippen LogP contribution is -2.37. The minimum absolute atomic E-state index is 0.230. The fraction of sp³-hybridized carbons (Fsp3) is 0.300. The molecular weight excluding hydrogens is 199 g/mol. The minimum atomic E-state index is -0.724. The van der Waals surface area contributed by atoms with Crippen molar-refractivity contribution in [3.8, 4) is 5.75 Å². The van der Waals surface area contributed by atoms with Gasteiger partial charge in [-0.3, -0.25) is 4.79 Å². The summed E-state index contributed by atoms with van der Waals surface area (Å²) >= 11 is 0. The highest BCUT2D eigenvalue weighted by atomic mass is 19.1. The Morgan fingerprint density at radius 2 is 2.27 bits per heavy atom. The van der Waals surface area contributed by atoms with Gasteiger partial charge in [-0.25, -0.2) is 4.39 Å². The van der Waals surface area contributed by atoms with Gasteiger partial charge in [-0.15, -0.1) is 0 Å². The van der Waals surface area contributed by atoms with Crippen molar-refractivity contribution < 1.29 is 13.9 Å². The van der Waals surface area contributed by atoms with Gasteiger partial charge >= 0.3 is 0 Å². The number of benzene rings is 1. The van der Waals surface area contributed by atoms with Crippen LogP contribution in [0.25, 0.3) is 0 Å². The van der Waals surface area contributed by atoms with Gasteiger partial charge in [-0.1, -0.05) is 6.07 Å². The molecule has 5 heteroatoms. The molecule has 0 heterocycles. The number of rotatable bonds is 5. The summed E-state index contributed by atoms with van der Waals surface area (Å²) in [6, 6.07) is 5.02. The van der Waals surface area contributed by atoms with E-state index in [4.69, 9.17) is 16.2 Å². The molecule has 4 N–H and O–H groups in total. The van der Waals surface area contributed by atoms with Gasteiger partial charge in [-0.2, -0.15) is 0 Å². The Morgan fingerprint density at radius 3 is 2.87 bits per heavy atom. The van der Waals surface area contributed by atoms with Crippen molar-refractivity contribution in [1.29, 1.82) is 0 Å². The van der Waals surface area contributed by atoms with Gasteiger partial charge in [0.1, 0.15) is 11.6 Å². The second kappa shape index (κ2) is 5.31. The summed E-state index contributed by atoms with van der Waals surface area (Å²) in [7, 11) is 0. The summed E-state index contributed by atoms with van der Waals surface area (Å²) in [5.41, 5.74) is 10.3. The van der Waals surface area contributed by atoms with E-state index in [0.717, 1.165) is 0 Å². The maximum atomic E-state index is 12.7. The van der Waals surface area contributed by atoms with E-state index < -0.39 is 11.9 Å². The normalized spacial score (nSPS) is 12.1. The van der Waals surface area contributed by atoms with Gasteiger partial charge in [0.25, 0.3) is 0 Å². The van der Waals surface area contributed by atoms with Crippen LogP contribution in [0.5, 0.6) is 5.75 Å². The summed E-state index contributed by atoms with van der Waals surface area (Å²) in [6.07, 6.45) is 0.311. The average molecular weight is 212 g/mol. The molecule has 1 unspecified atom stereocenters. The highest BCUT2D eigenvalue weighted by Gasteiger charge is 2.08. The molecule has 1 aromatic carbocycles. The first-order chi connectivity index (χ1) is 7.09. The van der Waals surface area contributed by atoms with Crippen molar-refractivity contribution >= 4 is 5.91 Å². The molecule has 0 spiro atoms. The number of primary amides is 1. The van der Waals surface area contributed by atoms with Crippen molar-refractivity contribution in [2.24, 2.45) is 11.5 Å². The lowest BCUT2D eigenvalue weighted by molar-refractivity contribution is -0.119. The zero-order valence-corrected chi connectivity index (χ0v) is 8.15. The monoisotopic (exact) mass is 212 g/mol. The highest BCUT2D eigenvalue weighted by molar-refractivity contribution is 5.79. The van der Waals surface area contributed by atoms with Crippen molar-refractivity contribution in [1.82, 2.24) is 0 Å². The number of amides is 1. The molecule has 0 radical (unpaired) electrons.